The summed E-state index contributed by atoms with van der Waals surface area (Å²) in [6.07, 6.45) is 4.13. The van der Waals surface area contributed by atoms with Gasteiger partial charge in [-0.2, -0.15) is 0 Å². The first-order valence-electron chi connectivity index (χ1n) is 11.0. The minimum atomic E-state index is -0.0592. The van der Waals surface area contributed by atoms with Crippen LogP contribution < -0.4 is 0 Å². The first-order valence-corrected chi connectivity index (χ1v) is 11.0. The molecule has 1 aromatic heterocycles. The Kier molecular flexibility index (Phi) is 7.06. The minimum absolute atomic E-state index is 0.0484. The summed E-state index contributed by atoms with van der Waals surface area (Å²) in [5, 5.41) is 20.6. The second-order valence-electron chi connectivity index (χ2n) is 8.25. The van der Waals surface area contributed by atoms with Crippen LogP contribution >= 0.6 is 0 Å². The van der Waals surface area contributed by atoms with Gasteiger partial charge in [-0.3, -0.25) is 24.6 Å². The summed E-state index contributed by atoms with van der Waals surface area (Å²) in [5.41, 5.74) is 2.31. The molecule has 0 saturated carbocycles. The van der Waals surface area contributed by atoms with Crippen LogP contribution in [0.15, 0.2) is 52.9 Å². The smallest absolute Gasteiger partial charge is 0.168 e. The highest BCUT2D eigenvalue weighted by atomic mass is 16.3. The number of fused-ring (bicyclic) bond motifs is 1. The van der Waals surface area contributed by atoms with Crippen molar-refractivity contribution in [1.29, 1.82) is 0 Å². The molecule has 31 heavy (non-hydrogen) atoms. The third-order valence-electron chi connectivity index (χ3n) is 6.25. The maximum atomic E-state index is 12.8. The van der Waals surface area contributed by atoms with Gasteiger partial charge in [0, 0.05) is 69.9 Å². The van der Waals surface area contributed by atoms with E-state index in [0.717, 1.165) is 55.7 Å². The second-order valence-corrected chi connectivity index (χ2v) is 8.25. The van der Waals surface area contributed by atoms with Crippen molar-refractivity contribution in [2.24, 2.45) is 4.99 Å². The number of allylic oxidation sites excluding steroid dienone is 2. The molecule has 1 aliphatic carbocycles. The van der Waals surface area contributed by atoms with E-state index in [-0.39, 0.29) is 24.1 Å². The van der Waals surface area contributed by atoms with E-state index in [9.17, 15) is 9.90 Å². The Hall–Kier alpha value is -2.61. The standard InChI is InChI=1S/C24H30N4O3/c29-14-13-28-11-9-27(10-12-28)8-7-25-17-21-23(30)15-18(16-24(21)31)19-5-6-26-22-4-2-1-3-20(19)22/h1-6,17-18,29-30H,7-16H2. The molecule has 1 aromatic carbocycles. The molecule has 1 saturated heterocycles. The lowest BCUT2D eigenvalue weighted by atomic mass is 9.82. The number of nitrogens with zero attached hydrogens (tertiary/aromatic N) is 4. The van der Waals surface area contributed by atoms with Gasteiger partial charge < -0.3 is 10.2 Å². The van der Waals surface area contributed by atoms with Gasteiger partial charge >= 0.3 is 0 Å². The Morgan fingerprint density at radius 2 is 1.81 bits per heavy atom. The van der Waals surface area contributed by atoms with Crippen molar-refractivity contribution < 1.29 is 15.0 Å². The van der Waals surface area contributed by atoms with E-state index in [4.69, 9.17) is 5.11 Å². The molecule has 2 aromatic rings. The van der Waals surface area contributed by atoms with Crippen molar-refractivity contribution in [2.75, 3.05) is 52.4 Å². The van der Waals surface area contributed by atoms with E-state index in [1.807, 2.05) is 30.3 Å². The van der Waals surface area contributed by atoms with Crippen LogP contribution in [0.1, 0.15) is 24.3 Å². The van der Waals surface area contributed by atoms with Crippen molar-refractivity contribution in [3.8, 4) is 0 Å². The van der Waals surface area contributed by atoms with Gasteiger partial charge in [0.2, 0.25) is 0 Å². The van der Waals surface area contributed by atoms with Crippen molar-refractivity contribution in [2.45, 2.75) is 18.8 Å². The normalized spacial score (nSPS) is 21.5. The lowest BCUT2D eigenvalue weighted by Gasteiger charge is -2.33. The van der Waals surface area contributed by atoms with Crippen molar-refractivity contribution in [1.82, 2.24) is 14.8 Å². The first-order chi connectivity index (χ1) is 15.2. The number of pyridine rings is 1. The molecule has 0 radical (unpaired) electrons. The van der Waals surface area contributed by atoms with Gasteiger partial charge in [0.25, 0.3) is 0 Å². The minimum Gasteiger partial charge on any atom is -0.511 e. The Morgan fingerprint density at radius 3 is 2.55 bits per heavy atom. The van der Waals surface area contributed by atoms with Crippen LogP contribution in [0.3, 0.4) is 0 Å². The number of β-amino-alcohol motifs (C(OH)–C–C–N with tert-alkyl or cyclic N) is 1. The first kappa shape index (κ1) is 21.6. The quantitative estimate of drug-likeness (QED) is 0.665. The van der Waals surface area contributed by atoms with E-state index in [1.54, 1.807) is 12.4 Å². The molecule has 4 rings (SSSR count). The summed E-state index contributed by atoms with van der Waals surface area (Å²) in [6.45, 7) is 6.21. The van der Waals surface area contributed by atoms with E-state index >= 15 is 0 Å². The van der Waals surface area contributed by atoms with Gasteiger partial charge in [0.05, 0.1) is 24.2 Å². The van der Waals surface area contributed by atoms with E-state index in [0.29, 0.717) is 25.0 Å². The van der Waals surface area contributed by atoms with E-state index in [1.165, 1.54) is 0 Å². The number of carbonyl (C=O) groups is 1. The predicted molar refractivity (Wildman–Crippen MR) is 122 cm³/mol. The van der Waals surface area contributed by atoms with Crippen LogP contribution in [0.5, 0.6) is 0 Å². The molecule has 0 bridgehead atoms. The number of aliphatic hydroxyl groups excluding tert-OH is 2. The number of benzene rings is 1. The SMILES string of the molecule is O=C1CC(c2ccnc3ccccc23)CC(O)=C1C=NCCN1CCN(CCO)CC1. The fourth-order valence-corrected chi connectivity index (χ4v) is 4.48. The Labute approximate surface area is 182 Å². The number of piperazine rings is 1. The fraction of sp³-hybridized carbons (Fsp3) is 0.458. The summed E-state index contributed by atoms with van der Waals surface area (Å²) in [5.74, 6) is 0.0206. The maximum Gasteiger partial charge on any atom is 0.168 e. The molecule has 1 unspecified atom stereocenters. The lowest BCUT2D eigenvalue weighted by Crippen LogP contribution is -2.47. The van der Waals surface area contributed by atoms with Gasteiger partial charge in [0.15, 0.2) is 5.78 Å². The van der Waals surface area contributed by atoms with Crippen LogP contribution in [0, 0.1) is 0 Å². The van der Waals surface area contributed by atoms with Crippen LogP contribution in [0.4, 0.5) is 0 Å². The number of aliphatic imine (C=N–C) groups is 1. The monoisotopic (exact) mass is 422 g/mol. The molecular formula is C24H30N4O3. The largest absolute Gasteiger partial charge is 0.511 e. The molecule has 2 heterocycles. The zero-order valence-corrected chi connectivity index (χ0v) is 17.8. The molecule has 7 heteroatoms. The van der Waals surface area contributed by atoms with Crippen LogP contribution in [0.25, 0.3) is 10.9 Å². The zero-order chi connectivity index (χ0) is 21.6. The zero-order valence-electron chi connectivity index (χ0n) is 17.8. The Morgan fingerprint density at radius 1 is 1.06 bits per heavy atom. The van der Waals surface area contributed by atoms with Crippen molar-refractivity contribution in [3.05, 3.63) is 53.4 Å². The third kappa shape index (κ3) is 5.18. The number of ketones is 1. The lowest BCUT2D eigenvalue weighted by molar-refractivity contribution is -0.116. The van der Waals surface area contributed by atoms with Crippen molar-refractivity contribution >= 4 is 22.9 Å². The highest BCUT2D eigenvalue weighted by Crippen LogP contribution is 2.36. The van der Waals surface area contributed by atoms with Gasteiger partial charge in [0.1, 0.15) is 5.76 Å². The molecule has 7 nitrogen and oxygen atoms in total. The molecule has 2 aliphatic rings. The maximum absolute atomic E-state index is 12.8. The highest BCUT2D eigenvalue weighted by molar-refractivity contribution is 6.14. The molecule has 1 atom stereocenters. The number of hydrogen-bond donors (Lipinski definition) is 2. The number of para-hydroxylation sites is 1. The van der Waals surface area contributed by atoms with Crippen LogP contribution in [-0.4, -0.2) is 89.4 Å². The summed E-state index contributed by atoms with van der Waals surface area (Å²) in [7, 11) is 0. The van der Waals surface area contributed by atoms with Crippen LogP contribution in [0.2, 0.25) is 0 Å². The number of rotatable bonds is 7. The van der Waals surface area contributed by atoms with Gasteiger partial charge in [-0.1, -0.05) is 18.2 Å². The number of Topliss-reactive ketones (excluding diaryl/α,β-unsaturated/α-hetero) is 1. The molecule has 164 valence electrons. The highest BCUT2D eigenvalue weighted by Gasteiger charge is 2.28. The van der Waals surface area contributed by atoms with Crippen molar-refractivity contribution in [3.63, 3.8) is 0 Å². The van der Waals surface area contributed by atoms with Gasteiger partial charge in [-0.05, 0) is 23.6 Å². The Balaban J connectivity index is 1.35. The molecule has 1 aliphatic heterocycles. The van der Waals surface area contributed by atoms with E-state index < -0.39 is 0 Å². The van der Waals surface area contributed by atoms with Crippen LogP contribution in [-0.2, 0) is 4.79 Å². The molecule has 2 N–H and O–H groups in total. The van der Waals surface area contributed by atoms with Gasteiger partial charge in [-0.15, -0.1) is 0 Å². The summed E-state index contributed by atoms with van der Waals surface area (Å²) in [4.78, 5) is 26.2. The fourth-order valence-electron chi connectivity index (χ4n) is 4.48. The van der Waals surface area contributed by atoms with Gasteiger partial charge in [-0.25, -0.2) is 0 Å². The summed E-state index contributed by atoms with van der Waals surface area (Å²) < 4.78 is 0. The summed E-state index contributed by atoms with van der Waals surface area (Å²) in [6, 6.07) is 9.85. The molecule has 0 spiro atoms. The third-order valence-corrected chi connectivity index (χ3v) is 6.25. The predicted octanol–water partition coefficient (Wildman–Crippen LogP) is 2.17. The van der Waals surface area contributed by atoms with E-state index in [2.05, 4.69) is 19.8 Å². The molecule has 1 fully saturated rings. The summed E-state index contributed by atoms with van der Waals surface area (Å²) >= 11 is 0. The average Bonchev–Trinajstić information content (AvgIpc) is 2.79. The second kappa shape index (κ2) is 10.1. The number of aromatic nitrogens is 1. The number of carbonyl (C=O) groups excluding carboxylic acids is 1. The molecule has 0 amide bonds. The average molecular weight is 423 g/mol. The number of aliphatic hydroxyl groups is 2. The Bertz CT molecular complexity index is 974. The topological polar surface area (TPSA) is 89.3 Å². The molecular weight excluding hydrogens is 392 g/mol. The number of hydrogen-bond acceptors (Lipinski definition) is 7.